The van der Waals surface area contributed by atoms with E-state index in [9.17, 15) is 14.7 Å². The topological polar surface area (TPSA) is 75.6 Å². The van der Waals surface area contributed by atoms with Crippen molar-refractivity contribution in [3.8, 4) is 0 Å². The van der Waals surface area contributed by atoms with Crippen molar-refractivity contribution in [2.75, 3.05) is 0 Å². The first-order valence-corrected chi connectivity index (χ1v) is 7.29. The standard InChI is InChI=1S/C15H23NO4/c1-3-6-11-9-15(11,2)20-14(19)16-12(13(17)18)10-7-4-5-8-10/h3,10-12H,1,4-9H2,2H3,(H,16,19)(H,17,18)/t11-,12?,15-/m0/s1. The van der Waals surface area contributed by atoms with E-state index in [1.54, 1.807) is 0 Å². The fourth-order valence-corrected chi connectivity index (χ4v) is 3.13. The number of carboxylic acids is 1. The fraction of sp³-hybridized carbons (Fsp3) is 0.733. The molecule has 20 heavy (non-hydrogen) atoms. The molecule has 5 nitrogen and oxygen atoms in total. The summed E-state index contributed by atoms with van der Waals surface area (Å²) in [5, 5.41) is 11.8. The normalized spacial score (nSPS) is 30.6. The highest BCUT2D eigenvalue weighted by Crippen LogP contribution is 2.48. The van der Waals surface area contributed by atoms with Crippen LogP contribution >= 0.6 is 0 Å². The minimum absolute atomic E-state index is 0.0241. The van der Waals surface area contributed by atoms with E-state index in [0.717, 1.165) is 38.5 Å². The molecule has 2 fully saturated rings. The Bertz CT molecular complexity index is 403. The first-order valence-electron chi connectivity index (χ1n) is 7.29. The lowest BCUT2D eigenvalue weighted by atomic mass is 9.98. The van der Waals surface area contributed by atoms with Crippen LogP contribution in [0.2, 0.25) is 0 Å². The van der Waals surface area contributed by atoms with Crippen molar-refractivity contribution in [2.45, 2.75) is 57.1 Å². The maximum absolute atomic E-state index is 11.9. The van der Waals surface area contributed by atoms with Crippen LogP contribution in [0.3, 0.4) is 0 Å². The summed E-state index contributed by atoms with van der Waals surface area (Å²) >= 11 is 0. The number of carbonyl (C=O) groups excluding carboxylic acids is 1. The Morgan fingerprint density at radius 3 is 2.70 bits per heavy atom. The zero-order valence-electron chi connectivity index (χ0n) is 11.9. The van der Waals surface area contributed by atoms with E-state index in [1.165, 1.54) is 0 Å². The summed E-state index contributed by atoms with van der Waals surface area (Å²) < 4.78 is 5.39. The molecule has 2 rings (SSSR count). The quantitative estimate of drug-likeness (QED) is 0.734. The predicted octanol–water partition coefficient (Wildman–Crippen LogP) is 2.71. The first-order chi connectivity index (χ1) is 9.46. The average Bonchev–Trinajstić information content (AvgIpc) is 2.81. The number of amides is 1. The second-order valence-corrected chi connectivity index (χ2v) is 6.13. The molecule has 0 radical (unpaired) electrons. The van der Waals surface area contributed by atoms with E-state index in [-0.39, 0.29) is 5.92 Å². The number of carbonyl (C=O) groups is 2. The number of nitrogens with one attached hydrogen (secondary N) is 1. The van der Waals surface area contributed by atoms with E-state index in [0.29, 0.717) is 5.92 Å². The molecule has 2 saturated carbocycles. The van der Waals surface area contributed by atoms with Crippen LogP contribution in [-0.2, 0) is 9.53 Å². The second kappa shape index (κ2) is 5.85. The Labute approximate surface area is 119 Å². The molecule has 0 saturated heterocycles. The first kappa shape index (κ1) is 14.9. The van der Waals surface area contributed by atoms with Gasteiger partial charge in [0.05, 0.1) is 0 Å². The van der Waals surface area contributed by atoms with Crippen LogP contribution < -0.4 is 5.32 Å². The molecule has 0 bridgehead atoms. The van der Waals surface area contributed by atoms with E-state index in [4.69, 9.17) is 4.74 Å². The summed E-state index contributed by atoms with van der Waals surface area (Å²) in [5.41, 5.74) is -0.461. The largest absolute Gasteiger partial charge is 0.480 e. The molecule has 0 aromatic rings. The average molecular weight is 281 g/mol. The molecule has 1 amide bonds. The SMILES string of the molecule is C=CC[C@H]1C[C@]1(C)OC(=O)NC(C(=O)O)C1CCCC1. The van der Waals surface area contributed by atoms with Gasteiger partial charge in [-0.3, -0.25) is 0 Å². The summed E-state index contributed by atoms with van der Waals surface area (Å²) in [6.45, 7) is 5.56. The number of hydrogen-bond donors (Lipinski definition) is 2. The van der Waals surface area contributed by atoms with Gasteiger partial charge in [-0.15, -0.1) is 6.58 Å². The number of ether oxygens (including phenoxy) is 1. The molecular formula is C15H23NO4. The molecule has 5 heteroatoms. The third-order valence-electron chi connectivity index (χ3n) is 4.54. The van der Waals surface area contributed by atoms with Crippen LogP contribution in [0, 0.1) is 11.8 Å². The van der Waals surface area contributed by atoms with Crippen LogP contribution in [0.5, 0.6) is 0 Å². The third kappa shape index (κ3) is 3.32. The molecule has 2 aliphatic carbocycles. The molecule has 1 unspecified atom stereocenters. The van der Waals surface area contributed by atoms with Gasteiger partial charge in [0.15, 0.2) is 0 Å². The molecule has 3 atom stereocenters. The molecule has 2 N–H and O–H groups in total. The summed E-state index contributed by atoms with van der Waals surface area (Å²) in [7, 11) is 0. The Morgan fingerprint density at radius 2 is 2.15 bits per heavy atom. The number of carboxylic acid groups (broad SMARTS) is 1. The molecule has 0 aromatic carbocycles. The summed E-state index contributed by atoms with van der Waals surface area (Å²) in [6, 6.07) is -0.829. The maximum atomic E-state index is 11.9. The van der Waals surface area contributed by atoms with Crippen LogP contribution in [0.4, 0.5) is 4.79 Å². The summed E-state index contributed by atoms with van der Waals surface area (Å²) in [5.74, 6) is -0.644. The van der Waals surface area contributed by atoms with Gasteiger partial charge in [0.25, 0.3) is 0 Å². The zero-order chi connectivity index (χ0) is 14.8. The van der Waals surface area contributed by atoms with Crippen LogP contribution in [-0.4, -0.2) is 28.8 Å². The van der Waals surface area contributed by atoms with Gasteiger partial charge < -0.3 is 15.2 Å². The van der Waals surface area contributed by atoms with Crippen LogP contribution in [0.1, 0.15) is 45.4 Å². The highest BCUT2D eigenvalue weighted by Gasteiger charge is 2.53. The lowest BCUT2D eigenvalue weighted by Crippen LogP contribution is -2.46. The van der Waals surface area contributed by atoms with Crippen molar-refractivity contribution in [1.29, 1.82) is 0 Å². The van der Waals surface area contributed by atoms with Gasteiger partial charge in [0.1, 0.15) is 11.6 Å². The molecule has 0 aromatic heterocycles. The Morgan fingerprint density at radius 1 is 1.50 bits per heavy atom. The van der Waals surface area contributed by atoms with E-state index in [1.807, 2.05) is 13.0 Å². The van der Waals surface area contributed by atoms with Crippen molar-refractivity contribution < 1.29 is 19.4 Å². The van der Waals surface area contributed by atoms with Gasteiger partial charge in [0, 0.05) is 5.92 Å². The van der Waals surface area contributed by atoms with Crippen molar-refractivity contribution >= 4 is 12.1 Å². The van der Waals surface area contributed by atoms with E-state index < -0.39 is 23.7 Å². The molecular weight excluding hydrogens is 258 g/mol. The molecule has 0 aliphatic heterocycles. The Balaban J connectivity index is 1.86. The third-order valence-corrected chi connectivity index (χ3v) is 4.54. The smallest absolute Gasteiger partial charge is 0.408 e. The Kier molecular flexibility index (Phi) is 4.35. The predicted molar refractivity (Wildman–Crippen MR) is 74.3 cm³/mol. The molecule has 0 spiro atoms. The molecule has 112 valence electrons. The van der Waals surface area contributed by atoms with Crippen molar-refractivity contribution in [1.82, 2.24) is 5.32 Å². The van der Waals surface area contributed by atoms with Crippen molar-refractivity contribution in [3.63, 3.8) is 0 Å². The lowest BCUT2D eigenvalue weighted by molar-refractivity contribution is -0.140. The van der Waals surface area contributed by atoms with Crippen molar-refractivity contribution in [3.05, 3.63) is 12.7 Å². The highest BCUT2D eigenvalue weighted by molar-refractivity contribution is 5.80. The van der Waals surface area contributed by atoms with Gasteiger partial charge >= 0.3 is 12.1 Å². The van der Waals surface area contributed by atoms with Crippen LogP contribution in [0.15, 0.2) is 12.7 Å². The number of rotatable bonds is 6. The van der Waals surface area contributed by atoms with Gasteiger partial charge in [-0.1, -0.05) is 18.9 Å². The minimum atomic E-state index is -0.975. The highest BCUT2D eigenvalue weighted by atomic mass is 16.6. The zero-order valence-corrected chi connectivity index (χ0v) is 11.9. The molecule has 2 aliphatic rings. The van der Waals surface area contributed by atoms with E-state index in [2.05, 4.69) is 11.9 Å². The van der Waals surface area contributed by atoms with Gasteiger partial charge in [-0.2, -0.15) is 0 Å². The van der Waals surface area contributed by atoms with Gasteiger partial charge in [-0.05, 0) is 38.5 Å². The monoisotopic (exact) mass is 281 g/mol. The number of aliphatic carboxylic acids is 1. The maximum Gasteiger partial charge on any atom is 0.408 e. The van der Waals surface area contributed by atoms with Crippen molar-refractivity contribution in [2.24, 2.45) is 11.8 Å². The second-order valence-electron chi connectivity index (χ2n) is 6.13. The van der Waals surface area contributed by atoms with Crippen LogP contribution in [0.25, 0.3) is 0 Å². The lowest BCUT2D eigenvalue weighted by Gasteiger charge is -2.22. The summed E-state index contributed by atoms with van der Waals surface area (Å²) in [4.78, 5) is 23.2. The van der Waals surface area contributed by atoms with E-state index >= 15 is 0 Å². The summed E-state index contributed by atoms with van der Waals surface area (Å²) in [6.07, 6.45) is 6.60. The Hall–Kier alpha value is -1.52. The number of allylic oxidation sites excluding steroid dienone is 1. The number of hydrogen-bond acceptors (Lipinski definition) is 3. The number of alkyl carbamates (subject to hydrolysis) is 1. The van der Waals surface area contributed by atoms with Gasteiger partial charge in [-0.25, -0.2) is 9.59 Å². The minimum Gasteiger partial charge on any atom is -0.480 e. The molecule has 0 heterocycles. The van der Waals surface area contributed by atoms with Gasteiger partial charge in [0.2, 0.25) is 0 Å². The fourth-order valence-electron chi connectivity index (χ4n) is 3.13.